The molecule has 1 unspecified atom stereocenters. The summed E-state index contributed by atoms with van der Waals surface area (Å²) in [6, 6.07) is 12.0. The summed E-state index contributed by atoms with van der Waals surface area (Å²) in [5.41, 5.74) is 2.03. The number of thiophene rings is 1. The van der Waals surface area contributed by atoms with Gasteiger partial charge in [0.15, 0.2) is 6.10 Å². The predicted molar refractivity (Wildman–Crippen MR) is 113 cm³/mol. The number of nitrogens with zero attached hydrogens (tertiary/aromatic N) is 4. The maximum atomic E-state index is 12.8. The lowest BCUT2D eigenvalue weighted by molar-refractivity contribution is -0.140. The fraction of sp³-hybridized carbons (Fsp3) is 0.381. The van der Waals surface area contributed by atoms with E-state index in [0.29, 0.717) is 18.0 Å². The van der Waals surface area contributed by atoms with E-state index < -0.39 is 12.1 Å². The molecule has 1 aliphatic rings. The van der Waals surface area contributed by atoms with Crippen LogP contribution in [0.4, 0.5) is 5.69 Å². The number of hydrogen-bond acceptors (Lipinski definition) is 6. The van der Waals surface area contributed by atoms with Crippen LogP contribution in [0.2, 0.25) is 0 Å². The van der Waals surface area contributed by atoms with Gasteiger partial charge in [-0.1, -0.05) is 18.2 Å². The van der Waals surface area contributed by atoms with Crippen LogP contribution in [0.1, 0.15) is 22.3 Å². The highest BCUT2D eigenvalue weighted by molar-refractivity contribution is 7.20. The van der Waals surface area contributed by atoms with Crippen molar-refractivity contribution in [3.8, 4) is 0 Å². The molecule has 0 bridgehead atoms. The number of para-hydroxylation sites is 1. The fourth-order valence-electron chi connectivity index (χ4n) is 3.66. The van der Waals surface area contributed by atoms with Gasteiger partial charge in [-0.15, -0.1) is 11.3 Å². The topological polar surface area (TPSA) is 67.7 Å². The second-order valence-corrected chi connectivity index (χ2v) is 8.26. The van der Waals surface area contributed by atoms with Crippen molar-refractivity contribution in [2.24, 2.45) is 7.05 Å². The normalized spacial score (nSPS) is 15.6. The Morgan fingerprint density at radius 2 is 1.83 bits per heavy atom. The molecule has 0 saturated carbocycles. The first-order chi connectivity index (χ1) is 13.9. The minimum Gasteiger partial charge on any atom is -0.448 e. The third-order valence-corrected chi connectivity index (χ3v) is 6.42. The number of benzene rings is 1. The molecule has 0 radical (unpaired) electrons. The zero-order chi connectivity index (χ0) is 20.5. The number of aromatic nitrogens is 2. The third-order valence-electron chi connectivity index (χ3n) is 5.24. The number of esters is 1. The standard InChI is InChI=1S/C21H24N4O3S/c1-14-17-13-18(29-20(17)23(3)22-14)21(27)28-15(2)19(26)25-11-9-24(10-12-25)16-7-5-4-6-8-16/h4-8,13,15H,9-12H2,1-3H3. The van der Waals surface area contributed by atoms with Crippen LogP contribution in [0.3, 0.4) is 0 Å². The molecule has 7 nitrogen and oxygen atoms in total. The van der Waals surface area contributed by atoms with E-state index in [-0.39, 0.29) is 5.91 Å². The second kappa shape index (κ2) is 7.87. The molecule has 1 aliphatic heterocycles. The number of anilines is 1. The molecule has 8 heteroatoms. The molecule has 1 fully saturated rings. The van der Waals surface area contributed by atoms with Crippen molar-refractivity contribution in [3.05, 3.63) is 47.0 Å². The monoisotopic (exact) mass is 412 g/mol. The van der Waals surface area contributed by atoms with Crippen LogP contribution in [-0.4, -0.2) is 58.8 Å². The van der Waals surface area contributed by atoms with Crippen molar-refractivity contribution in [1.29, 1.82) is 0 Å². The van der Waals surface area contributed by atoms with Crippen LogP contribution >= 0.6 is 11.3 Å². The predicted octanol–water partition coefficient (Wildman–Crippen LogP) is 2.84. The lowest BCUT2D eigenvalue weighted by Crippen LogP contribution is -2.51. The molecule has 1 aromatic carbocycles. The van der Waals surface area contributed by atoms with Crippen LogP contribution in [0.5, 0.6) is 0 Å². The molecule has 4 rings (SSSR count). The number of amides is 1. The van der Waals surface area contributed by atoms with Crippen molar-refractivity contribution in [1.82, 2.24) is 14.7 Å². The van der Waals surface area contributed by atoms with Gasteiger partial charge in [-0.25, -0.2) is 4.79 Å². The van der Waals surface area contributed by atoms with Crippen LogP contribution < -0.4 is 4.90 Å². The maximum absolute atomic E-state index is 12.8. The van der Waals surface area contributed by atoms with Crippen LogP contribution in [0.15, 0.2) is 36.4 Å². The average Bonchev–Trinajstić information content (AvgIpc) is 3.29. The first-order valence-electron chi connectivity index (χ1n) is 9.67. The van der Waals surface area contributed by atoms with Gasteiger partial charge in [-0.3, -0.25) is 9.48 Å². The lowest BCUT2D eigenvalue weighted by Gasteiger charge is -2.37. The van der Waals surface area contributed by atoms with Crippen LogP contribution in [0.25, 0.3) is 10.2 Å². The summed E-state index contributed by atoms with van der Waals surface area (Å²) < 4.78 is 7.24. The SMILES string of the molecule is Cc1nn(C)c2sc(C(=O)OC(C)C(=O)N3CCN(c4ccccc4)CC3)cc12. The molecule has 3 aromatic rings. The minimum absolute atomic E-state index is 0.148. The Morgan fingerprint density at radius 1 is 1.14 bits per heavy atom. The molecule has 3 heterocycles. The summed E-state index contributed by atoms with van der Waals surface area (Å²) in [5, 5.41) is 5.28. The zero-order valence-electron chi connectivity index (χ0n) is 16.8. The molecule has 0 spiro atoms. The number of fused-ring (bicyclic) bond motifs is 1. The fourth-order valence-corrected chi connectivity index (χ4v) is 4.66. The van der Waals surface area contributed by atoms with E-state index >= 15 is 0 Å². The Kier molecular flexibility index (Phi) is 5.27. The average molecular weight is 413 g/mol. The van der Waals surface area contributed by atoms with Gasteiger partial charge in [0.1, 0.15) is 9.71 Å². The highest BCUT2D eigenvalue weighted by Gasteiger charge is 2.28. The second-order valence-electron chi connectivity index (χ2n) is 7.23. The summed E-state index contributed by atoms with van der Waals surface area (Å²) >= 11 is 1.33. The van der Waals surface area contributed by atoms with Gasteiger partial charge >= 0.3 is 5.97 Å². The number of piperazine rings is 1. The number of aryl methyl sites for hydroxylation is 2. The van der Waals surface area contributed by atoms with Gasteiger partial charge in [-0.2, -0.15) is 5.10 Å². The van der Waals surface area contributed by atoms with Gasteiger partial charge < -0.3 is 14.5 Å². The maximum Gasteiger partial charge on any atom is 0.349 e. The Hall–Kier alpha value is -2.87. The summed E-state index contributed by atoms with van der Waals surface area (Å²) in [6.07, 6.45) is -0.810. The van der Waals surface area contributed by atoms with Gasteiger partial charge in [0.25, 0.3) is 5.91 Å². The van der Waals surface area contributed by atoms with E-state index in [1.165, 1.54) is 11.3 Å². The molecule has 1 atom stereocenters. The van der Waals surface area contributed by atoms with Crippen molar-refractivity contribution >= 4 is 39.1 Å². The molecule has 152 valence electrons. The molecular weight excluding hydrogens is 388 g/mol. The summed E-state index contributed by atoms with van der Waals surface area (Å²) in [4.78, 5) is 30.8. The summed E-state index contributed by atoms with van der Waals surface area (Å²) in [6.45, 7) is 6.31. The van der Waals surface area contributed by atoms with Crippen molar-refractivity contribution < 1.29 is 14.3 Å². The number of carbonyl (C=O) groups excluding carboxylic acids is 2. The van der Waals surface area contributed by atoms with E-state index in [1.54, 1.807) is 22.6 Å². The van der Waals surface area contributed by atoms with E-state index in [2.05, 4.69) is 22.1 Å². The lowest BCUT2D eigenvalue weighted by atomic mass is 10.2. The molecule has 1 amide bonds. The van der Waals surface area contributed by atoms with E-state index in [4.69, 9.17) is 4.74 Å². The van der Waals surface area contributed by atoms with Crippen LogP contribution in [0, 0.1) is 6.92 Å². The number of ether oxygens (including phenoxy) is 1. The zero-order valence-corrected chi connectivity index (χ0v) is 17.6. The summed E-state index contributed by atoms with van der Waals surface area (Å²) in [7, 11) is 1.85. The summed E-state index contributed by atoms with van der Waals surface area (Å²) in [5.74, 6) is -0.612. The third kappa shape index (κ3) is 3.85. The Balaban J connectivity index is 1.35. The molecule has 1 saturated heterocycles. The van der Waals surface area contributed by atoms with E-state index in [9.17, 15) is 9.59 Å². The van der Waals surface area contributed by atoms with Gasteiger partial charge in [0.2, 0.25) is 0 Å². The number of carbonyl (C=O) groups is 2. The molecular formula is C21H24N4O3S. The Bertz CT molecular complexity index is 1000. The van der Waals surface area contributed by atoms with Crippen LogP contribution in [-0.2, 0) is 16.6 Å². The molecule has 0 aliphatic carbocycles. The van der Waals surface area contributed by atoms with Crippen molar-refractivity contribution in [3.63, 3.8) is 0 Å². The molecule has 29 heavy (non-hydrogen) atoms. The minimum atomic E-state index is -0.810. The molecule has 2 aromatic heterocycles. The van der Waals surface area contributed by atoms with Gasteiger partial charge in [-0.05, 0) is 32.0 Å². The smallest absolute Gasteiger partial charge is 0.349 e. The Labute approximate surface area is 173 Å². The van der Waals surface area contributed by atoms with E-state index in [1.807, 2.05) is 32.2 Å². The number of rotatable bonds is 4. The highest BCUT2D eigenvalue weighted by Crippen LogP contribution is 2.28. The molecule has 0 N–H and O–H groups in total. The number of hydrogen-bond donors (Lipinski definition) is 0. The van der Waals surface area contributed by atoms with Gasteiger partial charge in [0.05, 0.1) is 5.69 Å². The first kappa shape index (κ1) is 19.4. The highest BCUT2D eigenvalue weighted by atomic mass is 32.1. The van der Waals surface area contributed by atoms with Crippen molar-refractivity contribution in [2.75, 3.05) is 31.1 Å². The Morgan fingerprint density at radius 3 is 2.48 bits per heavy atom. The first-order valence-corrected chi connectivity index (χ1v) is 10.5. The van der Waals surface area contributed by atoms with E-state index in [0.717, 1.165) is 34.7 Å². The van der Waals surface area contributed by atoms with Gasteiger partial charge in [0, 0.05) is 44.3 Å². The largest absolute Gasteiger partial charge is 0.448 e. The quantitative estimate of drug-likeness (QED) is 0.617. The van der Waals surface area contributed by atoms with Crippen molar-refractivity contribution in [2.45, 2.75) is 20.0 Å².